The number of nitrogens with one attached hydrogen (secondary N) is 1. The molecule has 3 heterocycles. The van der Waals surface area contributed by atoms with Crippen LogP contribution >= 0.6 is 0 Å². The third-order valence-corrected chi connectivity index (χ3v) is 5.45. The Labute approximate surface area is 142 Å². The maximum atomic E-state index is 11.5. The van der Waals surface area contributed by atoms with Crippen molar-refractivity contribution in [2.24, 2.45) is 5.41 Å². The lowest BCUT2D eigenvalue weighted by atomic mass is 9.77. The van der Waals surface area contributed by atoms with Crippen LogP contribution in [0.5, 0.6) is 17.2 Å². The first-order chi connectivity index (χ1) is 11.7. The fourth-order valence-electron chi connectivity index (χ4n) is 3.96. The van der Waals surface area contributed by atoms with Crippen LogP contribution in [0.3, 0.4) is 0 Å². The van der Waals surface area contributed by atoms with Crippen LogP contribution in [0.2, 0.25) is 0 Å². The minimum Gasteiger partial charge on any atom is -0.496 e. The maximum Gasteiger partial charge on any atom is 0.220 e. The SMILES string of the molecule is COc1cc2c(cc1CN1CCC3(CC1)CNC(=O)C3)OCCO2. The Hall–Kier alpha value is -1.95. The van der Waals surface area contributed by atoms with E-state index in [1.165, 1.54) is 0 Å². The van der Waals surface area contributed by atoms with Crippen LogP contribution in [0.4, 0.5) is 0 Å². The molecule has 1 amide bonds. The van der Waals surface area contributed by atoms with Crippen molar-refractivity contribution in [3.05, 3.63) is 17.7 Å². The molecular weight excluding hydrogens is 308 g/mol. The van der Waals surface area contributed by atoms with E-state index in [1.807, 2.05) is 12.1 Å². The van der Waals surface area contributed by atoms with Gasteiger partial charge in [0.15, 0.2) is 11.5 Å². The molecule has 4 rings (SSSR count). The van der Waals surface area contributed by atoms with Crippen molar-refractivity contribution in [3.8, 4) is 17.2 Å². The molecule has 0 atom stereocenters. The fraction of sp³-hybridized carbons (Fsp3) is 0.611. The summed E-state index contributed by atoms with van der Waals surface area (Å²) < 4.78 is 16.9. The van der Waals surface area contributed by atoms with Gasteiger partial charge in [0.2, 0.25) is 5.91 Å². The number of rotatable bonds is 3. The van der Waals surface area contributed by atoms with E-state index in [0.29, 0.717) is 19.6 Å². The van der Waals surface area contributed by atoms with Crippen LogP contribution in [0.1, 0.15) is 24.8 Å². The first-order valence-electron chi connectivity index (χ1n) is 8.63. The highest BCUT2D eigenvalue weighted by molar-refractivity contribution is 5.79. The van der Waals surface area contributed by atoms with Crippen molar-refractivity contribution in [3.63, 3.8) is 0 Å². The second-order valence-electron chi connectivity index (χ2n) is 7.04. The molecule has 0 saturated carbocycles. The lowest BCUT2D eigenvalue weighted by Gasteiger charge is -2.38. The first kappa shape index (κ1) is 15.6. The second kappa shape index (κ2) is 6.16. The lowest BCUT2D eigenvalue weighted by Crippen LogP contribution is -2.40. The summed E-state index contributed by atoms with van der Waals surface area (Å²) in [5.74, 6) is 2.61. The zero-order chi connectivity index (χ0) is 16.6. The van der Waals surface area contributed by atoms with Gasteiger partial charge in [-0.2, -0.15) is 0 Å². The fourth-order valence-corrected chi connectivity index (χ4v) is 3.96. The number of amides is 1. The molecule has 24 heavy (non-hydrogen) atoms. The third kappa shape index (κ3) is 2.90. The lowest BCUT2D eigenvalue weighted by molar-refractivity contribution is -0.119. The van der Waals surface area contributed by atoms with E-state index in [9.17, 15) is 4.79 Å². The summed E-state index contributed by atoms with van der Waals surface area (Å²) in [7, 11) is 1.69. The average molecular weight is 332 g/mol. The van der Waals surface area contributed by atoms with E-state index in [4.69, 9.17) is 14.2 Å². The van der Waals surface area contributed by atoms with Crippen LogP contribution in [-0.4, -0.2) is 50.8 Å². The van der Waals surface area contributed by atoms with Crippen molar-refractivity contribution in [2.45, 2.75) is 25.8 Å². The van der Waals surface area contributed by atoms with Crippen LogP contribution in [0.25, 0.3) is 0 Å². The number of nitrogens with zero attached hydrogens (tertiary/aromatic N) is 1. The van der Waals surface area contributed by atoms with E-state index in [2.05, 4.69) is 10.2 Å². The van der Waals surface area contributed by atoms with Gasteiger partial charge < -0.3 is 19.5 Å². The van der Waals surface area contributed by atoms with Crippen LogP contribution in [0.15, 0.2) is 12.1 Å². The van der Waals surface area contributed by atoms with E-state index < -0.39 is 0 Å². The summed E-state index contributed by atoms with van der Waals surface area (Å²) in [5, 5.41) is 2.99. The Morgan fingerprint density at radius 3 is 2.54 bits per heavy atom. The second-order valence-corrected chi connectivity index (χ2v) is 7.04. The Kier molecular flexibility index (Phi) is 4.00. The largest absolute Gasteiger partial charge is 0.496 e. The number of hydrogen-bond acceptors (Lipinski definition) is 5. The molecule has 3 aliphatic rings. The summed E-state index contributed by atoms with van der Waals surface area (Å²) in [4.78, 5) is 14.0. The van der Waals surface area contributed by atoms with Gasteiger partial charge in [0.1, 0.15) is 19.0 Å². The molecule has 6 heteroatoms. The van der Waals surface area contributed by atoms with Gasteiger partial charge in [0.05, 0.1) is 7.11 Å². The van der Waals surface area contributed by atoms with Gasteiger partial charge in [-0.1, -0.05) is 0 Å². The van der Waals surface area contributed by atoms with E-state index in [0.717, 1.165) is 61.8 Å². The molecule has 6 nitrogen and oxygen atoms in total. The van der Waals surface area contributed by atoms with Crippen molar-refractivity contribution in [2.75, 3.05) is 40.0 Å². The third-order valence-electron chi connectivity index (χ3n) is 5.45. The monoisotopic (exact) mass is 332 g/mol. The van der Waals surface area contributed by atoms with Gasteiger partial charge in [-0.05, 0) is 37.4 Å². The first-order valence-corrected chi connectivity index (χ1v) is 8.63. The summed E-state index contributed by atoms with van der Waals surface area (Å²) in [6.07, 6.45) is 2.82. The van der Waals surface area contributed by atoms with Crippen molar-refractivity contribution >= 4 is 5.91 Å². The Morgan fingerprint density at radius 2 is 1.92 bits per heavy atom. The molecular formula is C18H24N2O4. The predicted octanol–water partition coefficient (Wildman–Crippen LogP) is 1.57. The highest BCUT2D eigenvalue weighted by atomic mass is 16.6. The summed E-state index contributed by atoms with van der Waals surface area (Å²) in [6, 6.07) is 3.97. The molecule has 0 aliphatic carbocycles. The highest BCUT2D eigenvalue weighted by Gasteiger charge is 2.40. The highest BCUT2D eigenvalue weighted by Crippen LogP contribution is 2.40. The van der Waals surface area contributed by atoms with E-state index >= 15 is 0 Å². The van der Waals surface area contributed by atoms with Crippen molar-refractivity contribution < 1.29 is 19.0 Å². The standard InChI is InChI=1S/C18H24N2O4/c1-22-14-9-16-15(23-6-7-24-16)8-13(14)11-20-4-2-18(3-5-20)10-17(21)19-12-18/h8-9H,2-7,10-12H2,1H3,(H,19,21). The number of methoxy groups -OCH3 is 1. The number of fused-ring (bicyclic) bond motifs is 1. The molecule has 2 saturated heterocycles. The number of carbonyl (C=O) groups is 1. The molecule has 0 radical (unpaired) electrons. The molecule has 2 fully saturated rings. The Morgan fingerprint density at radius 1 is 1.21 bits per heavy atom. The zero-order valence-corrected chi connectivity index (χ0v) is 14.1. The zero-order valence-electron chi connectivity index (χ0n) is 14.1. The quantitative estimate of drug-likeness (QED) is 0.910. The van der Waals surface area contributed by atoms with Crippen LogP contribution < -0.4 is 19.5 Å². The van der Waals surface area contributed by atoms with Gasteiger partial charge in [0.25, 0.3) is 0 Å². The average Bonchev–Trinajstić information content (AvgIpc) is 2.97. The molecule has 3 aliphatic heterocycles. The molecule has 0 aromatic heterocycles. The maximum absolute atomic E-state index is 11.5. The van der Waals surface area contributed by atoms with Gasteiger partial charge in [-0.3, -0.25) is 9.69 Å². The molecule has 0 unspecified atom stereocenters. The molecule has 1 N–H and O–H groups in total. The number of hydrogen-bond donors (Lipinski definition) is 1. The number of piperidine rings is 1. The molecule has 1 aromatic rings. The van der Waals surface area contributed by atoms with Gasteiger partial charge >= 0.3 is 0 Å². The number of ether oxygens (including phenoxy) is 3. The number of likely N-dealkylation sites (tertiary alicyclic amines) is 1. The van der Waals surface area contributed by atoms with Gasteiger partial charge in [-0.25, -0.2) is 0 Å². The van der Waals surface area contributed by atoms with Gasteiger partial charge in [-0.15, -0.1) is 0 Å². The summed E-state index contributed by atoms with van der Waals surface area (Å²) in [5.41, 5.74) is 1.31. The van der Waals surface area contributed by atoms with Crippen molar-refractivity contribution in [1.29, 1.82) is 0 Å². The summed E-state index contributed by atoms with van der Waals surface area (Å²) >= 11 is 0. The topological polar surface area (TPSA) is 60.0 Å². The number of carbonyl (C=O) groups excluding carboxylic acids is 1. The van der Waals surface area contributed by atoms with E-state index in [-0.39, 0.29) is 11.3 Å². The molecule has 1 aromatic carbocycles. The Bertz CT molecular complexity index is 638. The summed E-state index contributed by atoms with van der Waals surface area (Å²) in [6.45, 7) is 4.85. The van der Waals surface area contributed by atoms with Crippen molar-refractivity contribution in [1.82, 2.24) is 10.2 Å². The normalized spacial score (nSPS) is 22.5. The van der Waals surface area contributed by atoms with Crippen LogP contribution in [-0.2, 0) is 11.3 Å². The Balaban J connectivity index is 1.45. The predicted molar refractivity (Wildman–Crippen MR) is 88.6 cm³/mol. The minimum atomic E-state index is 0.185. The van der Waals surface area contributed by atoms with Crippen LogP contribution in [0, 0.1) is 5.41 Å². The molecule has 1 spiro atoms. The molecule has 0 bridgehead atoms. The van der Waals surface area contributed by atoms with E-state index in [1.54, 1.807) is 7.11 Å². The smallest absolute Gasteiger partial charge is 0.220 e. The number of benzene rings is 1. The molecule has 130 valence electrons. The minimum absolute atomic E-state index is 0.185. The van der Waals surface area contributed by atoms with Gasteiger partial charge in [0, 0.05) is 31.1 Å².